The van der Waals surface area contributed by atoms with Crippen LogP contribution < -0.4 is 5.73 Å². The van der Waals surface area contributed by atoms with E-state index in [-0.39, 0.29) is 0 Å². The highest BCUT2D eigenvalue weighted by molar-refractivity contribution is 5.78. The van der Waals surface area contributed by atoms with E-state index in [4.69, 9.17) is 10.8 Å². The first kappa shape index (κ1) is 22.4. The summed E-state index contributed by atoms with van der Waals surface area (Å²) < 4.78 is 0. The first-order chi connectivity index (χ1) is 11.1. The first-order valence-electron chi connectivity index (χ1n) is 10.1. The SMILES string of the molecule is CCCCCCCCCCCCCCCCC(N)(CC)C(=O)O. The summed E-state index contributed by atoms with van der Waals surface area (Å²) in [4.78, 5) is 11.1. The second kappa shape index (κ2) is 15.0. The Kier molecular flexibility index (Phi) is 14.6. The second-order valence-electron chi connectivity index (χ2n) is 7.16. The van der Waals surface area contributed by atoms with Crippen LogP contribution in [-0.4, -0.2) is 16.6 Å². The van der Waals surface area contributed by atoms with Gasteiger partial charge in [-0.1, -0.05) is 104 Å². The van der Waals surface area contributed by atoms with Gasteiger partial charge in [0, 0.05) is 0 Å². The third-order valence-electron chi connectivity index (χ3n) is 5.03. The van der Waals surface area contributed by atoms with Gasteiger partial charge in [0.15, 0.2) is 0 Å². The average Bonchev–Trinajstić information content (AvgIpc) is 2.54. The molecule has 3 N–H and O–H groups in total. The van der Waals surface area contributed by atoms with Crippen molar-refractivity contribution in [2.75, 3.05) is 0 Å². The van der Waals surface area contributed by atoms with Crippen molar-refractivity contribution in [3.63, 3.8) is 0 Å². The largest absolute Gasteiger partial charge is 0.480 e. The molecule has 3 nitrogen and oxygen atoms in total. The van der Waals surface area contributed by atoms with Crippen LogP contribution in [0, 0.1) is 0 Å². The number of carboxylic acid groups (broad SMARTS) is 1. The summed E-state index contributed by atoms with van der Waals surface area (Å²) in [6, 6.07) is 0. The molecule has 3 heteroatoms. The fourth-order valence-corrected chi connectivity index (χ4v) is 3.07. The Balaban J connectivity index is 3.26. The minimum Gasteiger partial charge on any atom is -0.480 e. The minimum absolute atomic E-state index is 0.515. The quantitative estimate of drug-likeness (QED) is 0.320. The summed E-state index contributed by atoms with van der Waals surface area (Å²) in [7, 11) is 0. The van der Waals surface area contributed by atoms with Crippen molar-refractivity contribution in [3.05, 3.63) is 0 Å². The summed E-state index contributed by atoms with van der Waals surface area (Å²) in [5, 5.41) is 9.11. The maximum absolute atomic E-state index is 11.1. The molecule has 0 rings (SSSR count). The number of nitrogens with two attached hydrogens (primary N) is 1. The molecule has 0 spiro atoms. The molecule has 0 saturated heterocycles. The highest BCUT2D eigenvalue weighted by Gasteiger charge is 2.30. The highest BCUT2D eigenvalue weighted by Crippen LogP contribution is 2.18. The van der Waals surface area contributed by atoms with Crippen LogP contribution in [0.25, 0.3) is 0 Å². The summed E-state index contributed by atoms with van der Waals surface area (Å²) >= 11 is 0. The van der Waals surface area contributed by atoms with Crippen LogP contribution in [0.1, 0.15) is 117 Å². The van der Waals surface area contributed by atoms with Gasteiger partial charge in [-0.3, -0.25) is 4.79 Å². The second-order valence-corrected chi connectivity index (χ2v) is 7.16. The molecule has 0 aliphatic carbocycles. The van der Waals surface area contributed by atoms with Gasteiger partial charge in [0.2, 0.25) is 0 Å². The third kappa shape index (κ3) is 12.5. The number of carbonyl (C=O) groups is 1. The maximum atomic E-state index is 11.1. The molecule has 0 bridgehead atoms. The summed E-state index contributed by atoms with van der Waals surface area (Å²) in [6.07, 6.45) is 19.6. The van der Waals surface area contributed by atoms with E-state index < -0.39 is 11.5 Å². The molecule has 23 heavy (non-hydrogen) atoms. The molecular weight excluding hydrogens is 286 g/mol. The Morgan fingerprint density at radius 2 is 1.09 bits per heavy atom. The Labute approximate surface area is 144 Å². The van der Waals surface area contributed by atoms with Crippen LogP contribution in [0.5, 0.6) is 0 Å². The number of aliphatic carboxylic acids is 1. The monoisotopic (exact) mass is 327 g/mol. The van der Waals surface area contributed by atoms with E-state index in [0.29, 0.717) is 12.8 Å². The van der Waals surface area contributed by atoms with Gasteiger partial charge < -0.3 is 10.8 Å². The third-order valence-corrected chi connectivity index (χ3v) is 5.03. The number of rotatable bonds is 17. The molecule has 0 aromatic rings. The standard InChI is InChI=1S/C20H41NO2/c1-3-5-6-7-8-9-10-11-12-13-14-15-16-17-18-20(21,4-2)19(22)23/h3-18,21H2,1-2H3,(H,22,23). The predicted octanol–water partition coefficient (Wildman–Crippen LogP) is 6.05. The molecule has 0 saturated carbocycles. The molecule has 0 fully saturated rings. The molecule has 0 aliphatic heterocycles. The zero-order valence-electron chi connectivity index (χ0n) is 15.7. The van der Waals surface area contributed by atoms with Crippen LogP contribution in [0.4, 0.5) is 0 Å². The van der Waals surface area contributed by atoms with Gasteiger partial charge in [-0.25, -0.2) is 0 Å². The molecule has 138 valence electrons. The summed E-state index contributed by atoms with van der Waals surface area (Å²) in [5.74, 6) is -0.852. The smallest absolute Gasteiger partial charge is 0.323 e. The molecule has 0 radical (unpaired) electrons. The highest BCUT2D eigenvalue weighted by atomic mass is 16.4. The molecule has 1 atom stereocenters. The lowest BCUT2D eigenvalue weighted by Gasteiger charge is -2.22. The topological polar surface area (TPSA) is 63.3 Å². The van der Waals surface area contributed by atoms with Crippen molar-refractivity contribution in [1.82, 2.24) is 0 Å². The Bertz CT molecular complexity index is 281. The minimum atomic E-state index is -1.00. The van der Waals surface area contributed by atoms with Gasteiger partial charge >= 0.3 is 5.97 Å². The van der Waals surface area contributed by atoms with Crippen molar-refractivity contribution in [2.24, 2.45) is 5.73 Å². The van der Waals surface area contributed by atoms with Crippen molar-refractivity contribution in [1.29, 1.82) is 0 Å². The zero-order valence-corrected chi connectivity index (χ0v) is 15.7. The lowest BCUT2D eigenvalue weighted by molar-refractivity contribution is -0.143. The lowest BCUT2D eigenvalue weighted by Crippen LogP contribution is -2.47. The Morgan fingerprint density at radius 1 is 0.739 bits per heavy atom. The van der Waals surface area contributed by atoms with E-state index in [2.05, 4.69) is 6.92 Å². The van der Waals surface area contributed by atoms with Crippen LogP contribution in [0.2, 0.25) is 0 Å². The fraction of sp³-hybridized carbons (Fsp3) is 0.950. The average molecular weight is 328 g/mol. The lowest BCUT2D eigenvalue weighted by atomic mass is 9.90. The van der Waals surface area contributed by atoms with Crippen molar-refractivity contribution in [3.8, 4) is 0 Å². The van der Waals surface area contributed by atoms with E-state index >= 15 is 0 Å². The van der Waals surface area contributed by atoms with Crippen molar-refractivity contribution < 1.29 is 9.90 Å². The van der Waals surface area contributed by atoms with Gasteiger partial charge in [-0.2, -0.15) is 0 Å². The summed E-state index contributed by atoms with van der Waals surface area (Å²) in [5.41, 5.74) is 4.88. The Hall–Kier alpha value is -0.570. The van der Waals surface area contributed by atoms with Crippen LogP contribution in [0.15, 0.2) is 0 Å². The molecular formula is C20H41NO2. The maximum Gasteiger partial charge on any atom is 0.323 e. The molecule has 0 amide bonds. The Morgan fingerprint density at radius 3 is 1.39 bits per heavy atom. The number of hydrogen-bond donors (Lipinski definition) is 2. The normalized spacial score (nSPS) is 13.9. The van der Waals surface area contributed by atoms with Gasteiger partial charge in [-0.15, -0.1) is 0 Å². The van der Waals surface area contributed by atoms with Crippen molar-refractivity contribution >= 4 is 5.97 Å². The van der Waals surface area contributed by atoms with Crippen molar-refractivity contribution in [2.45, 2.75) is 122 Å². The predicted molar refractivity (Wildman–Crippen MR) is 99.8 cm³/mol. The van der Waals surface area contributed by atoms with Gasteiger partial charge in [0.05, 0.1) is 0 Å². The first-order valence-corrected chi connectivity index (χ1v) is 10.1. The molecule has 0 aromatic heterocycles. The molecule has 0 aromatic carbocycles. The van der Waals surface area contributed by atoms with E-state index in [0.717, 1.165) is 12.8 Å². The van der Waals surface area contributed by atoms with E-state index in [9.17, 15) is 4.79 Å². The molecule has 0 aliphatic rings. The van der Waals surface area contributed by atoms with E-state index in [1.54, 1.807) is 0 Å². The molecule has 1 unspecified atom stereocenters. The number of carboxylic acids is 1. The number of hydrogen-bond acceptors (Lipinski definition) is 2. The summed E-state index contributed by atoms with van der Waals surface area (Å²) in [6.45, 7) is 4.13. The van der Waals surface area contributed by atoms with Gasteiger partial charge in [-0.05, 0) is 12.8 Å². The van der Waals surface area contributed by atoms with Gasteiger partial charge in [0.25, 0.3) is 0 Å². The fourth-order valence-electron chi connectivity index (χ4n) is 3.07. The van der Waals surface area contributed by atoms with E-state index in [1.165, 1.54) is 77.0 Å². The zero-order chi connectivity index (χ0) is 17.4. The van der Waals surface area contributed by atoms with Crippen LogP contribution >= 0.6 is 0 Å². The van der Waals surface area contributed by atoms with Gasteiger partial charge in [0.1, 0.15) is 5.54 Å². The van der Waals surface area contributed by atoms with Crippen LogP contribution in [0.3, 0.4) is 0 Å². The number of unbranched alkanes of at least 4 members (excludes halogenated alkanes) is 13. The molecule has 0 heterocycles. The van der Waals surface area contributed by atoms with E-state index in [1.807, 2.05) is 6.92 Å². The van der Waals surface area contributed by atoms with Crippen LogP contribution in [-0.2, 0) is 4.79 Å².